The van der Waals surface area contributed by atoms with Crippen molar-refractivity contribution < 1.29 is 14.3 Å². The molecule has 1 saturated carbocycles. The number of fused-ring (bicyclic) bond motifs is 1. The van der Waals surface area contributed by atoms with Crippen molar-refractivity contribution >= 4 is 11.5 Å². The molecular formula is C23H24N3O4-. The number of rotatable bonds is 7. The van der Waals surface area contributed by atoms with Gasteiger partial charge in [-0.3, -0.25) is 9.78 Å². The Morgan fingerprint density at radius 2 is 2.10 bits per heavy atom. The van der Waals surface area contributed by atoms with E-state index in [9.17, 15) is 15.3 Å². The van der Waals surface area contributed by atoms with Crippen LogP contribution in [-0.2, 0) is 0 Å². The lowest BCUT2D eigenvalue weighted by Gasteiger charge is -2.36. The minimum Gasteiger partial charge on any atom is -0.758 e. The molecule has 2 unspecified atom stereocenters. The zero-order chi connectivity index (χ0) is 21.1. The maximum absolute atomic E-state index is 13.0. The minimum absolute atomic E-state index is 0.0351. The molecule has 0 N–H and O–H groups in total. The summed E-state index contributed by atoms with van der Waals surface area (Å²) in [6.45, 7) is 2.41. The first-order valence-electron chi connectivity index (χ1n) is 10.4. The van der Waals surface area contributed by atoms with Gasteiger partial charge in [0.25, 0.3) is 0 Å². The van der Waals surface area contributed by atoms with Crippen LogP contribution >= 0.6 is 0 Å². The van der Waals surface area contributed by atoms with Gasteiger partial charge in [-0.05, 0) is 56.4 Å². The van der Waals surface area contributed by atoms with Gasteiger partial charge in [0.15, 0.2) is 17.3 Å². The van der Waals surface area contributed by atoms with Gasteiger partial charge in [-0.2, -0.15) is 5.26 Å². The molecule has 0 bridgehead atoms. The maximum Gasteiger partial charge on any atom is 0.188 e. The average molecular weight is 406 g/mol. The van der Waals surface area contributed by atoms with Crippen molar-refractivity contribution in [1.82, 2.24) is 4.98 Å². The number of ketones is 1. The molecular weight excluding hydrogens is 382 g/mol. The van der Waals surface area contributed by atoms with Gasteiger partial charge in [0.1, 0.15) is 0 Å². The summed E-state index contributed by atoms with van der Waals surface area (Å²) in [5, 5.41) is 23.1. The molecule has 2 atom stereocenters. The number of hydrogen-bond donors (Lipinski definition) is 0. The lowest BCUT2D eigenvalue weighted by molar-refractivity contribution is 0.0961. The van der Waals surface area contributed by atoms with Gasteiger partial charge in [-0.25, -0.2) is 0 Å². The summed E-state index contributed by atoms with van der Waals surface area (Å²) >= 11 is 0. The Balaban J connectivity index is 1.69. The quantitative estimate of drug-likeness (QED) is 0.673. The molecule has 30 heavy (non-hydrogen) atoms. The summed E-state index contributed by atoms with van der Waals surface area (Å²) in [6.07, 6.45) is 7.34. The molecule has 0 amide bonds. The number of Topliss-reactive ketones (excluding diaryl/α,β-unsaturated/α-hetero) is 1. The lowest BCUT2D eigenvalue weighted by atomic mass is 9.86. The minimum atomic E-state index is -0.999. The molecule has 1 aliphatic carbocycles. The van der Waals surface area contributed by atoms with E-state index in [2.05, 4.69) is 11.1 Å². The van der Waals surface area contributed by atoms with Crippen molar-refractivity contribution in [2.75, 3.05) is 11.7 Å². The fourth-order valence-corrected chi connectivity index (χ4v) is 4.35. The molecule has 0 radical (unpaired) electrons. The van der Waals surface area contributed by atoms with E-state index in [4.69, 9.17) is 9.47 Å². The van der Waals surface area contributed by atoms with E-state index in [1.807, 2.05) is 19.1 Å². The highest BCUT2D eigenvalue weighted by Crippen LogP contribution is 2.41. The van der Waals surface area contributed by atoms with Crippen LogP contribution in [0.15, 0.2) is 36.7 Å². The Morgan fingerprint density at radius 3 is 2.80 bits per heavy atom. The summed E-state index contributed by atoms with van der Waals surface area (Å²) in [4.78, 5) is 17.0. The van der Waals surface area contributed by atoms with Gasteiger partial charge >= 0.3 is 0 Å². The summed E-state index contributed by atoms with van der Waals surface area (Å²) in [5.74, 6) is 0.342. The largest absolute Gasteiger partial charge is 0.758 e. The zero-order valence-electron chi connectivity index (χ0n) is 16.9. The molecule has 2 heterocycles. The van der Waals surface area contributed by atoms with Crippen LogP contribution in [0.2, 0.25) is 0 Å². The van der Waals surface area contributed by atoms with E-state index >= 15 is 0 Å². The van der Waals surface area contributed by atoms with Crippen LogP contribution in [0, 0.1) is 16.5 Å². The van der Waals surface area contributed by atoms with Crippen molar-refractivity contribution in [3.8, 4) is 17.6 Å². The maximum atomic E-state index is 13.0. The van der Waals surface area contributed by atoms with E-state index in [1.54, 1.807) is 6.07 Å². The number of pyridine rings is 1. The number of ether oxygens (including phenoxy) is 2. The Labute approximate surface area is 175 Å². The number of hydroxylamine groups is 1. The fraction of sp³-hybridized carbons (Fsp3) is 0.435. The second-order valence-electron chi connectivity index (χ2n) is 7.66. The smallest absolute Gasteiger partial charge is 0.188 e. The van der Waals surface area contributed by atoms with Crippen molar-refractivity contribution in [3.05, 3.63) is 53.0 Å². The molecule has 1 aromatic heterocycles. The van der Waals surface area contributed by atoms with E-state index in [-0.39, 0.29) is 18.3 Å². The predicted octanol–water partition coefficient (Wildman–Crippen LogP) is 4.37. The number of aromatic nitrogens is 1. The van der Waals surface area contributed by atoms with Crippen molar-refractivity contribution in [3.63, 3.8) is 0 Å². The first kappa shape index (κ1) is 20.2. The fourth-order valence-electron chi connectivity index (χ4n) is 4.35. The number of benzene rings is 1. The monoisotopic (exact) mass is 406 g/mol. The lowest BCUT2D eigenvalue weighted by Crippen LogP contribution is -2.36. The van der Waals surface area contributed by atoms with Crippen molar-refractivity contribution in [2.45, 2.75) is 57.1 Å². The Hall–Kier alpha value is -3.11. The number of nitriles is 1. The molecule has 2 aromatic rings. The Morgan fingerprint density at radius 1 is 1.30 bits per heavy atom. The van der Waals surface area contributed by atoms with Gasteiger partial charge < -0.3 is 19.7 Å². The topological polar surface area (TPSA) is 98.5 Å². The molecule has 7 heteroatoms. The average Bonchev–Trinajstić information content (AvgIpc) is 3.35. The molecule has 0 saturated heterocycles. The third kappa shape index (κ3) is 3.71. The van der Waals surface area contributed by atoms with Crippen LogP contribution in [-0.4, -0.2) is 29.5 Å². The SMILES string of the molecule is CCOc1ccc(C(CC#N)C2C(=O)c3cnccc3N2[O-])cc1OC1CCCC1. The van der Waals surface area contributed by atoms with Crippen molar-refractivity contribution in [2.24, 2.45) is 0 Å². The van der Waals surface area contributed by atoms with E-state index in [0.29, 0.717) is 34.9 Å². The molecule has 156 valence electrons. The highest BCUT2D eigenvalue weighted by atomic mass is 16.5. The summed E-state index contributed by atoms with van der Waals surface area (Å²) in [7, 11) is 0. The van der Waals surface area contributed by atoms with E-state index < -0.39 is 12.0 Å². The van der Waals surface area contributed by atoms with Crippen LogP contribution in [0.5, 0.6) is 11.5 Å². The normalized spacial score (nSPS) is 19.4. The van der Waals surface area contributed by atoms with E-state index in [0.717, 1.165) is 30.7 Å². The van der Waals surface area contributed by atoms with Gasteiger partial charge in [-0.1, -0.05) is 6.07 Å². The standard InChI is InChI=1S/C23H24N3O4/c1-2-29-20-8-7-15(13-21(20)30-16-5-3-4-6-16)17(9-11-24)22-23(27)18-14-25-12-10-19(18)26(22)28/h7-8,10,12-14,16-17,22H,2-6,9H2,1H3/q-1. The third-order valence-corrected chi connectivity index (χ3v) is 5.81. The zero-order valence-corrected chi connectivity index (χ0v) is 16.9. The number of nitrogens with zero attached hydrogens (tertiary/aromatic N) is 3. The van der Waals surface area contributed by atoms with E-state index in [1.165, 1.54) is 18.5 Å². The molecule has 0 spiro atoms. The number of hydrogen-bond acceptors (Lipinski definition) is 7. The Kier molecular flexibility index (Phi) is 5.86. The van der Waals surface area contributed by atoms with Gasteiger partial charge in [0.05, 0.1) is 30.4 Å². The molecule has 7 nitrogen and oxygen atoms in total. The van der Waals surface area contributed by atoms with Gasteiger partial charge in [0.2, 0.25) is 0 Å². The molecule has 1 fully saturated rings. The first-order valence-corrected chi connectivity index (χ1v) is 10.4. The number of carbonyl (C=O) groups is 1. The summed E-state index contributed by atoms with van der Waals surface area (Å²) < 4.78 is 11.9. The second kappa shape index (κ2) is 8.72. The Bertz CT molecular complexity index is 965. The summed E-state index contributed by atoms with van der Waals surface area (Å²) in [6, 6.07) is 8.12. The van der Waals surface area contributed by atoms with Crippen LogP contribution in [0.25, 0.3) is 0 Å². The second-order valence-corrected chi connectivity index (χ2v) is 7.66. The van der Waals surface area contributed by atoms with Crippen molar-refractivity contribution in [1.29, 1.82) is 5.26 Å². The molecule has 1 aromatic carbocycles. The molecule has 1 aliphatic heterocycles. The van der Waals surface area contributed by atoms with Crippen LogP contribution in [0.1, 0.15) is 60.9 Å². The summed E-state index contributed by atoms with van der Waals surface area (Å²) in [5.41, 5.74) is 1.32. The highest BCUT2D eigenvalue weighted by Gasteiger charge is 2.39. The third-order valence-electron chi connectivity index (χ3n) is 5.81. The number of carbonyl (C=O) groups excluding carboxylic acids is 1. The predicted molar refractivity (Wildman–Crippen MR) is 112 cm³/mol. The molecule has 2 aliphatic rings. The highest BCUT2D eigenvalue weighted by molar-refractivity contribution is 6.11. The van der Waals surface area contributed by atoms with Crippen LogP contribution < -0.4 is 14.5 Å². The first-order chi connectivity index (χ1) is 14.6. The van der Waals surface area contributed by atoms with Gasteiger partial charge in [0, 0.05) is 30.4 Å². The van der Waals surface area contributed by atoms with Crippen LogP contribution in [0.3, 0.4) is 0 Å². The molecule has 4 rings (SSSR count). The van der Waals surface area contributed by atoms with Crippen LogP contribution in [0.4, 0.5) is 5.69 Å². The number of anilines is 1. The van der Waals surface area contributed by atoms with Gasteiger partial charge in [-0.15, -0.1) is 0 Å².